The Labute approximate surface area is 139 Å². The summed E-state index contributed by atoms with van der Waals surface area (Å²) in [6, 6.07) is 0. The number of hydrogen-bond donors (Lipinski definition) is 0. The first-order valence-corrected chi connectivity index (χ1v) is 9.07. The summed E-state index contributed by atoms with van der Waals surface area (Å²) >= 11 is 0. The van der Waals surface area contributed by atoms with Crippen molar-refractivity contribution in [1.29, 1.82) is 0 Å². The highest BCUT2D eigenvalue weighted by atomic mass is 16.5. The molecule has 0 aromatic carbocycles. The first-order chi connectivity index (χ1) is 10.8. The number of carbonyl (C=O) groups is 2. The lowest BCUT2D eigenvalue weighted by Crippen LogP contribution is -2.54. The fourth-order valence-electron chi connectivity index (χ4n) is 6.14. The molecule has 3 nitrogen and oxygen atoms in total. The van der Waals surface area contributed by atoms with Gasteiger partial charge in [-0.15, -0.1) is 0 Å². The normalized spacial score (nSPS) is 46.2. The largest absolute Gasteiger partial charge is 0.469 e. The van der Waals surface area contributed by atoms with E-state index in [0.29, 0.717) is 11.8 Å². The van der Waals surface area contributed by atoms with Crippen molar-refractivity contribution in [3.8, 4) is 0 Å². The van der Waals surface area contributed by atoms with Crippen LogP contribution in [-0.2, 0) is 14.3 Å². The van der Waals surface area contributed by atoms with Crippen LogP contribution < -0.4 is 0 Å². The fourth-order valence-corrected chi connectivity index (χ4v) is 6.14. The topological polar surface area (TPSA) is 43.4 Å². The SMILES string of the molecule is COC(=O)[C@]1(C)CCC[C@@]2(C)C3=CCC[C@](C)(C=O)[C@@H]3CCC12. The molecule has 0 amide bonds. The molecule has 1 unspecified atom stereocenters. The third kappa shape index (κ3) is 2.22. The van der Waals surface area contributed by atoms with E-state index in [2.05, 4.69) is 26.8 Å². The van der Waals surface area contributed by atoms with Gasteiger partial charge in [0.1, 0.15) is 6.29 Å². The van der Waals surface area contributed by atoms with Gasteiger partial charge in [0, 0.05) is 5.41 Å². The van der Waals surface area contributed by atoms with Crippen LogP contribution in [0.5, 0.6) is 0 Å². The highest BCUT2D eigenvalue weighted by Gasteiger charge is 2.59. The standard InChI is InChI=1S/C20H30O3/c1-18(13-21)10-5-7-15-14(18)8-9-16-19(15,2)11-6-12-20(16,3)17(22)23-4/h7,13-14,16H,5-6,8-12H2,1-4H3/t14-,16?,18-,19+,20-/m1/s1. The van der Waals surface area contributed by atoms with Crippen molar-refractivity contribution in [1.82, 2.24) is 0 Å². The number of hydrogen-bond acceptors (Lipinski definition) is 3. The lowest BCUT2D eigenvalue weighted by atomic mass is 9.44. The third-order valence-corrected chi connectivity index (χ3v) is 7.47. The molecule has 0 spiro atoms. The monoisotopic (exact) mass is 318 g/mol. The number of aldehydes is 1. The van der Waals surface area contributed by atoms with E-state index in [1.165, 1.54) is 19.0 Å². The van der Waals surface area contributed by atoms with E-state index in [1.807, 2.05) is 0 Å². The second-order valence-corrected chi connectivity index (χ2v) is 8.68. The van der Waals surface area contributed by atoms with Crippen LogP contribution in [0.3, 0.4) is 0 Å². The molecule has 0 aromatic heterocycles. The van der Waals surface area contributed by atoms with Crippen LogP contribution >= 0.6 is 0 Å². The Morgan fingerprint density at radius 2 is 1.96 bits per heavy atom. The number of methoxy groups -OCH3 is 1. The van der Waals surface area contributed by atoms with Crippen LogP contribution in [0, 0.1) is 28.1 Å². The summed E-state index contributed by atoms with van der Waals surface area (Å²) < 4.78 is 5.17. The first-order valence-electron chi connectivity index (χ1n) is 9.07. The molecular formula is C20H30O3. The summed E-state index contributed by atoms with van der Waals surface area (Å²) in [6.45, 7) is 6.57. The number of esters is 1. The van der Waals surface area contributed by atoms with Crippen LogP contribution in [0.25, 0.3) is 0 Å². The number of ether oxygens (including phenoxy) is 1. The van der Waals surface area contributed by atoms with Crippen molar-refractivity contribution in [2.24, 2.45) is 28.1 Å². The summed E-state index contributed by atoms with van der Waals surface area (Å²) in [5.41, 5.74) is 0.888. The minimum absolute atomic E-state index is 0.0365. The molecule has 0 radical (unpaired) electrons. The Morgan fingerprint density at radius 1 is 1.22 bits per heavy atom. The summed E-state index contributed by atoms with van der Waals surface area (Å²) in [7, 11) is 1.51. The smallest absolute Gasteiger partial charge is 0.311 e. The van der Waals surface area contributed by atoms with Crippen molar-refractivity contribution in [3.05, 3.63) is 11.6 Å². The number of rotatable bonds is 2. The molecule has 0 N–H and O–H groups in total. The molecule has 128 valence electrons. The van der Waals surface area contributed by atoms with Crippen molar-refractivity contribution in [2.45, 2.75) is 65.7 Å². The number of carbonyl (C=O) groups excluding carboxylic acids is 2. The van der Waals surface area contributed by atoms with Crippen LogP contribution in [-0.4, -0.2) is 19.4 Å². The highest BCUT2D eigenvalue weighted by molar-refractivity contribution is 5.77. The fraction of sp³-hybridized carbons (Fsp3) is 0.800. The molecule has 0 saturated heterocycles. The molecule has 2 saturated carbocycles. The van der Waals surface area contributed by atoms with Gasteiger partial charge in [0.2, 0.25) is 0 Å². The third-order valence-electron chi connectivity index (χ3n) is 7.47. The average molecular weight is 318 g/mol. The molecule has 23 heavy (non-hydrogen) atoms. The molecular weight excluding hydrogens is 288 g/mol. The molecule has 2 fully saturated rings. The minimum atomic E-state index is -0.386. The van der Waals surface area contributed by atoms with Gasteiger partial charge in [0.25, 0.3) is 0 Å². The Balaban J connectivity index is 2.03. The Bertz CT molecular complexity index is 551. The van der Waals surface area contributed by atoms with Gasteiger partial charge in [0.15, 0.2) is 0 Å². The zero-order chi connectivity index (χ0) is 16.9. The van der Waals surface area contributed by atoms with Gasteiger partial charge in [-0.2, -0.15) is 0 Å². The van der Waals surface area contributed by atoms with Gasteiger partial charge in [-0.05, 0) is 62.7 Å². The van der Waals surface area contributed by atoms with Gasteiger partial charge >= 0.3 is 5.97 Å². The predicted molar refractivity (Wildman–Crippen MR) is 89.8 cm³/mol. The molecule has 0 heterocycles. The maximum Gasteiger partial charge on any atom is 0.311 e. The van der Waals surface area contributed by atoms with Gasteiger partial charge in [-0.3, -0.25) is 4.79 Å². The molecule has 3 aliphatic carbocycles. The molecule has 3 aliphatic rings. The summed E-state index contributed by atoms with van der Waals surface area (Å²) in [5.74, 6) is 0.629. The van der Waals surface area contributed by atoms with Crippen LogP contribution in [0.1, 0.15) is 65.7 Å². The van der Waals surface area contributed by atoms with Crippen molar-refractivity contribution in [2.75, 3.05) is 7.11 Å². The molecule has 3 rings (SSSR count). The van der Waals surface area contributed by atoms with Crippen LogP contribution in [0.2, 0.25) is 0 Å². The lowest BCUT2D eigenvalue weighted by molar-refractivity contribution is -0.165. The van der Waals surface area contributed by atoms with E-state index in [0.717, 1.165) is 44.9 Å². The average Bonchev–Trinajstić information content (AvgIpc) is 2.54. The van der Waals surface area contributed by atoms with E-state index < -0.39 is 0 Å². The summed E-state index contributed by atoms with van der Waals surface area (Å²) in [6.07, 6.45) is 10.7. The Morgan fingerprint density at radius 3 is 2.61 bits per heavy atom. The van der Waals surface area contributed by atoms with E-state index in [4.69, 9.17) is 4.74 Å². The van der Waals surface area contributed by atoms with E-state index >= 15 is 0 Å². The zero-order valence-electron chi connectivity index (χ0n) is 15.0. The zero-order valence-corrected chi connectivity index (χ0v) is 15.0. The van der Waals surface area contributed by atoms with Gasteiger partial charge in [-0.1, -0.05) is 31.9 Å². The van der Waals surface area contributed by atoms with Crippen molar-refractivity contribution >= 4 is 12.3 Å². The number of allylic oxidation sites excluding steroid dienone is 2. The van der Waals surface area contributed by atoms with Gasteiger partial charge in [-0.25, -0.2) is 0 Å². The van der Waals surface area contributed by atoms with Gasteiger partial charge < -0.3 is 9.53 Å². The Kier molecular flexibility index (Phi) is 3.97. The first kappa shape index (κ1) is 16.7. The predicted octanol–water partition coefficient (Wildman–Crippen LogP) is 4.31. The van der Waals surface area contributed by atoms with E-state index in [9.17, 15) is 9.59 Å². The molecule has 3 heteroatoms. The van der Waals surface area contributed by atoms with Crippen LogP contribution in [0.15, 0.2) is 11.6 Å². The molecule has 0 bridgehead atoms. The maximum absolute atomic E-state index is 12.5. The quantitative estimate of drug-likeness (QED) is 0.433. The summed E-state index contributed by atoms with van der Waals surface area (Å²) in [4.78, 5) is 24.3. The summed E-state index contributed by atoms with van der Waals surface area (Å²) in [5, 5.41) is 0. The lowest BCUT2D eigenvalue weighted by Gasteiger charge is -2.59. The Hall–Kier alpha value is -1.12. The highest BCUT2D eigenvalue weighted by Crippen LogP contribution is 2.64. The minimum Gasteiger partial charge on any atom is -0.469 e. The second-order valence-electron chi connectivity index (χ2n) is 8.68. The molecule has 0 aromatic rings. The second kappa shape index (κ2) is 5.46. The molecule has 5 atom stereocenters. The van der Waals surface area contributed by atoms with Crippen molar-refractivity contribution in [3.63, 3.8) is 0 Å². The van der Waals surface area contributed by atoms with E-state index in [-0.39, 0.29) is 22.2 Å². The maximum atomic E-state index is 12.5. The van der Waals surface area contributed by atoms with Gasteiger partial charge in [0.05, 0.1) is 12.5 Å². The number of fused-ring (bicyclic) bond motifs is 3. The van der Waals surface area contributed by atoms with Crippen LogP contribution in [0.4, 0.5) is 0 Å². The van der Waals surface area contributed by atoms with Crippen molar-refractivity contribution < 1.29 is 14.3 Å². The molecule has 0 aliphatic heterocycles. The van der Waals surface area contributed by atoms with E-state index in [1.54, 1.807) is 0 Å².